The van der Waals surface area contributed by atoms with Crippen LogP contribution in [-0.4, -0.2) is 22.0 Å². The van der Waals surface area contributed by atoms with Gasteiger partial charge in [-0.05, 0) is 42.0 Å². The summed E-state index contributed by atoms with van der Waals surface area (Å²) >= 11 is 0. The number of nitrogens with one attached hydrogen (secondary N) is 1. The Labute approximate surface area is 198 Å². The van der Waals surface area contributed by atoms with Gasteiger partial charge < -0.3 is 9.88 Å². The van der Waals surface area contributed by atoms with Crippen LogP contribution >= 0.6 is 0 Å². The summed E-state index contributed by atoms with van der Waals surface area (Å²) in [5, 5.41) is 6.89. The fraction of sp³-hybridized carbons (Fsp3) is 0.0333. The van der Waals surface area contributed by atoms with E-state index in [4.69, 9.17) is 4.99 Å². The molecule has 0 radical (unpaired) electrons. The van der Waals surface area contributed by atoms with Crippen LogP contribution < -0.4 is 5.32 Å². The maximum atomic E-state index is 4.70. The minimum atomic E-state index is 0.845. The highest BCUT2D eigenvalue weighted by Crippen LogP contribution is 2.33. The second kappa shape index (κ2) is 8.41. The Kier molecular flexibility index (Phi) is 4.96. The third kappa shape index (κ3) is 3.37. The van der Waals surface area contributed by atoms with Crippen molar-refractivity contribution in [2.75, 3.05) is 6.54 Å². The summed E-state index contributed by atoms with van der Waals surface area (Å²) in [4.78, 5) is 4.70. The number of allylic oxidation sites excluding steroid dienone is 4. The molecule has 4 heteroatoms. The van der Waals surface area contributed by atoms with Crippen LogP contribution in [0, 0.1) is 0 Å². The summed E-state index contributed by atoms with van der Waals surface area (Å²) in [6.07, 6.45) is 13.9. The topological polar surface area (TPSA) is 34.2 Å². The Hall–Kier alpha value is -4.57. The Morgan fingerprint density at radius 1 is 0.912 bits per heavy atom. The zero-order valence-corrected chi connectivity index (χ0v) is 18.7. The number of benzene rings is 3. The minimum Gasteiger partial charge on any atom is -0.387 e. The zero-order valence-electron chi connectivity index (χ0n) is 18.7. The number of nitrogens with zero attached hydrogens (tertiary/aromatic N) is 3. The molecule has 0 atom stereocenters. The van der Waals surface area contributed by atoms with Crippen molar-refractivity contribution in [1.82, 2.24) is 14.5 Å². The molecule has 34 heavy (non-hydrogen) atoms. The normalized spacial score (nSPS) is 14.2. The van der Waals surface area contributed by atoms with Gasteiger partial charge in [0.05, 0.1) is 22.9 Å². The third-order valence-corrected chi connectivity index (χ3v) is 6.30. The molecular weight excluding hydrogens is 416 g/mol. The molecule has 5 aromatic rings. The van der Waals surface area contributed by atoms with Gasteiger partial charge in [0.2, 0.25) is 0 Å². The van der Waals surface area contributed by atoms with Crippen molar-refractivity contribution in [3.8, 4) is 5.69 Å². The number of aromatic nitrogens is 2. The van der Waals surface area contributed by atoms with E-state index in [1.807, 2.05) is 30.9 Å². The Bertz CT molecular complexity index is 1660. The molecule has 1 aliphatic rings. The maximum absolute atomic E-state index is 4.70. The number of hydrogen-bond acceptors (Lipinski definition) is 2. The van der Waals surface area contributed by atoms with Gasteiger partial charge in [0.15, 0.2) is 0 Å². The van der Waals surface area contributed by atoms with Crippen molar-refractivity contribution in [1.29, 1.82) is 0 Å². The van der Waals surface area contributed by atoms with Crippen LogP contribution in [0.5, 0.6) is 0 Å². The van der Waals surface area contributed by atoms with Crippen LogP contribution in [0.25, 0.3) is 38.4 Å². The maximum Gasteiger partial charge on any atom is 0.0996 e. The van der Waals surface area contributed by atoms with E-state index in [0.29, 0.717) is 0 Å². The lowest BCUT2D eigenvalue weighted by atomic mass is 10.1. The Morgan fingerprint density at radius 2 is 1.76 bits per heavy atom. The first kappa shape index (κ1) is 20.1. The number of fused-ring (bicyclic) bond motifs is 4. The highest BCUT2D eigenvalue weighted by molar-refractivity contribution is 6.15. The molecule has 0 unspecified atom stereocenters. The van der Waals surface area contributed by atoms with Crippen LogP contribution in [0.15, 0.2) is 132 Å². The van der Waals surface area contributed by atoms with Gasteiger partial charge in [0.25, 0.3) is 0 Å². The number of dihydropyridines is 1. The Balaban J connectivity index is 1.53. The van der Waals surface area contributed by atoms with Crippen LogP contribution in [0.4, 0.5) is 0 Å². The van der Waals surface area contributed by atoms with Crippen molar-refractivity contribution >= 4 is 39.0 Å². The predicted molar refractivity (Wildman–Crippen MR) is 144 cm³/mol. The van der Waals surface area contributed by atoms with Crippen LogP contribution in [0.3, 0.4) is 0 Å². The van der Waals surface area contributed by atoms with Crippen molar-refractivity contribution in [3.63, 3.8) is 0 Å². The van der Waals surface area contributed by atoms with E-state index in [0.717, 1.165) is 34.4 Å². The summed E-state index contributed by atoms with van der Waals surface area (Å²) in [5.74, 6) is 0. The number of rotatable bonds is 5. The zero-order chi connectivity index (χ0) is 22.9. The molecule has 0 bridgehead atoms. The van der Waals surface area contributed by atoms with Gasteiger partial charge >= 0.3 is 0 Å². The summed E-state index contributed by atoms with van der Waals surface area (Å²) in [6, 6.07) is 25.7. The molecular formula is C30H24N4. The first-order valence-corrected chi connectivity index (χ1v) is 11.4. The average Bonchev–Trinajstić information content (AvgIpc) is 3.45. The molecule has 0 spiro atoms. The highest BCUT2D eigenvalue weighted by atomic mass is 15.0. The van der Waals surface area contributed by atoms with Gasteiger partial charge in [-0.15, -0.1) is 0 Å². The first-order valence-electron chi connectivity index (χ1n) is 11.4. The third-order valence-electron chi connectivity index (χ3n) is 6.30. The molecule has 3 aromatic carbocycles. The number of aliphatic imine (C=N–C) groups is 1. The molecule has 0 saturated carbocycles. The van der Waals surface area contributed by atoms with Gasteiger partial charge in [-0.2, -0.15) is 0 Å². The smallest absolute Gasteiger partial charge is 0.0996 e. The van der Waals surface area contributed by atoms with Gasteiger partial charge in [-0.1, -0.05) is 61.2 Å². The monoisotopic (exact) mass is 440 g/mol. The van der Waals surface area contributed by atoms with E-state index in [1.165, 1.54) is 21.7 Å². The van der Waals surface area contributed by atoms with Gasteiger partial charge in [0.1, 0.15) is 0 Å². The molecule has 3 heterocycles. The second-order valence-corrected chi connectivity index (χ2v) is 8.30. The highest BCUT2D eigenvalue weighted by Gasteiger charge is 2.13. The Morgan fingerprint density at radius 3 is 2.59 bits per heavy atom. The number of para-hydroxylation sites is 2. The van der Waals surface area contributed by atoms with E-state index < -0.39 is 0 Å². The SMILES string of the molecule is C=C/C(=C\N=C\n1c2ccccc2c2cc3ccn(-c4ccccc4)c3cc21)C1=CNCC=C1. The average molecular weight is 441 g/mol. The van der Waals surface area contributed by atoms with Crippen molar-refractivity contribution in [2.24, 2.45) is 4.99 Å². The van der Waals surface area contributed by atoms with Crippen LogP contribution in [0.1, 0.15) is 0 Å². The lowest BCUT2D eigenvalue weighted by Gasteiger charge is -2.08. The van der Waals surface area contributed by atoms with E-state index in [2.05, 4.69) is 106 Å². The van der Waals surface area contributed by atoms with Gasteiger partial charge in [-0.3, -0.25) is 4.57 Å². The molecule has 0 saturated heterocycles. The van der Waals surface area contributed by atoms with E-state index in [1.54, 1.807) is 0 Å². The lowest BCUT2D eigenvalue weighted by molar-refractivity contribution is 0.959. The van der Waals surface area contributed by atoms with Crippen molar-refractivity contribution in [3.05, 3.63) is 127 Å². The number of hydrogen-bond donors (Lipinski definition) is 1. The molecule has 1 aliphatic heterocycles. The second-order valence-electron chi connectivity index (χ2n) is 8.30. The summed E-state index contributed by atoms with van der Waals surface area (Å²) < 4.78 is 4.41. The quantitative estimate of drug-likeness (QED) is 0.184. The fourth-order valence-electron chi connectivity index (χ4n) is 4.64. The molecule has 0 aliphatic carbocycles. The summed E-state index contributed by atoms with van der Waals surface area (Å²) in [7, 11) is 0. The van der Waals surface area contributed by atoms with E-state index in [-0.39, 0.29) is 0 Å². The lowest BCUT2D eigenvalue weighted by Crippen LogP contribution is -2.09. The van der Waals surface area contributed by atoms with Crippen molar-refractivity contribution in [2.45, 2.75) is 0 Å². The van der Waals surface area contributed by atoms with Crippen LogP contribution in [0.2, 0.25) is 0 Å². The molecule has 2 aromatic heterocycles. The van der Waals surface area contributed by atoms with Gasteiger partial charge in [0, 0.05) is 52.6 Å². The van der Waals surface area contributed by atoms with E-state index in [9.17, 15) is 0 Å². The van der Waals surface area contributed by atoms with Gasteiger partial charge in [-0.25, -0.2) is 4.99 Å². The largest absolute Gasteiger partial charge is 0.387 e. The molecule has 6 rings (SSSR count). The first-order chi connectivity index (χ1) is 16.8. The molecule has 1 N–H and O–H groups in total. The molecule has 0 amide bonds. The van der Waals surface area contributed by atoms with Crippen molar-refractivity contribution < 1.29 is 0 Å². The van der Waals surface area contributed by atoms with E-state index >= 15 is 0 Å². The molecule has 4 nitrogen and oxygen atoms in total. The summed E-state index contributed by atoms with van der Waals surface area (Å²) in [6.45, 7) is 4.81. The molecule has 0 fully saturated rings. The standard InChI is InChI=1S/C30H24N4/c1-2-22(24-9-8-15-31-20-24)19-32-21-34-28-13-7-6-12-26(28)27-17-23-14-16-33(29(23)18-30(27)34)25-10-4-3-5-11-25/h2-14,16-21,31H,1,15H2/b22-19+,32-21+. The molecule has 164 valence electrons. The summed E-state index contributed by atoms with van der Waals surface area (Å²) in [5.41, 5.74) is 6.62. The van der Waals surface area contributed by atoms with Crippen LogP contribution in [-0.2, 0) is 0 Å². The fourth-order valence-corrected chi connectivity index (χ4v) is 4.64. The predicted octanol–water partition coefficient (Wildman–Crippen LogP) is 6.73. The minimum absolute atomic E-state index is 0.845.